The molecule has 0 aromatic carbocycles. The molecule has 0 aromatic heterocycles. The smallest absolute Gasteiger partial charge is 2.00 e. The van der Waals surface area contributed by atoms with Gasteiger partial charge in [-0.15, -0.1) is 0 Å². The molecule has 0 amide bonds. The summed E-state index contributed by atoms with van der Waals surface area (Å²) in [7, 11) is 0. The van der Waals surface area contributed by atoms with Gasteiger partial charge >= 0.3 is 35.4 Å². The third-order valence-electron chi connectivity index (χ3n) is 0. The van der Waals surface area contributed by atoms with Crippen molar-refractivity contribution in [1.82, 2.24) is 0 Å². The van der Waals surface area contributed by atoms with Crippen molar-refractivity contribution in [3.8, 4) is 0 Å². The second-order valence-corrected chi connectivity index (χ2v) is 0. The van der Waals surface area contributed by atoms with Gasteiger partial charge in [0.2, 0.25) is 0 Å². The van der Waals surface area contributed by atoms with Crippen molar-refractivity contribution in [3.05, 3.63) is 0 Å². The van der Waals surface area contributed by atoms with Crippen LogP contribution in [0.5, 0.6) is 0 Å². The zero-order valence-electron chi connectivity index (χ0n) is 0.724. The molecule has 0 bridgehead atoms. The van der Waals surface area contributed by atoms with Crippen LogP contribution < -0.4 is 0 Å². The van der Waals surface area contributed by atoms with Gasteiger partial charge in [0.1, 0.15) is 0 Å². The molecule has 0 unspecified atom stereocenters. The third-order valence-corrected chi connectivity index (χ3v) is 0. The predicted molar refractivity (Wildman–Crippen MR) is 14.6 cm³/mol. The molecule has 0 fully saturated rings. The largest absolute Gasteiger partial charge is 2.00 e. The molecule has 0 aliphatic rings. The first kappa shape index (κ1) is 75.0. The summed E-state index contributed by atoms with van der Waals surface area (Å²) in [4.78, 5) is 0. The van der Waals surface area contributed by atoms with Crippen LogP contribution in [-0.4, -0.2) is 18.9 Å². The van der Waals surface area contributed by atoms with Gasteiger partial charge in [-0.1, -0.05) is 7.43 Å². The van der Waals surface area contributed by atoms with Gasteiger partial charge in [-0.05, 0) is 0 Å². The first-order valence-corrected chi connectivity index (χ1v) is 0. The topological polar surface area (TPSA) is 28.5 Å². The van der Waals surface area contributed by atoms with Crippen LogP contribution in [0.15, 0.2) is 0 Å². The van der Waals surface area contributed by atoms with E-state index in [-0.39, 0.29) is 48.3 Å². The molecule has 0 aliphatic heterocycles. The fraction of sp³-hybridized carbons (Fsp3) is 1.00. The average Bonchev–Trinajstić information content (AvgIpc) is 0. The van der Waals surface area contributed by atoms with Crippen LogP contribution in [0.3, 0.4) is 0 Å². The van der Waals surface area contributed by atoms with Gasteiger partial charge in [-0.3, -0.25) is 0 Å². The SMILES string of the molecule is C.[LiH].[Ni+2].[O-2]. The van der Waals surface area contributed by atoms with E-state index >= 15 is 0 Å². The minimum atomic E-state index is 0. The third kappa shape index (κ3) is 11.6. The van der Waals surface area contributed by atoms with Gasteiger partial charge in [0.15, 0.2) is 0 Å². The first-order valence-electron chi connectivity index (χ1n) is 0. The average molecular weight is 98.7 g/mol. The Labute approximate surface area is 48.6 Å². The van der Waals surface area contributed by atoms with Crippen LogP contribution in [-0.2, 0) is 22.0 Å². The van der Waals surface area contributed by atoms with Crippen molar-refractivity contribution < 1.29 is 22.0 Å². The normalized spacial score (nSPS) is 0. The van der Waals surface area contributed by atoms with Crippen LogP contribution in [0.4, 0.5) is 0 Å². The molecule has 0 saturated heterocycles. The molecule has 4 heavy (non-hydrogen) atoms. The van der Waals surface area contributed by atoms with Crippen molar-refractivity contribution in [2.45, 2.75) is 7.43 Å². The first-order chi connectivity index (χ1) is 0. The van der Waals surface area contributed by atoms with Crippen molar-refractivity contribution in [2.24, 2.45) is 0 Å². The van der Waals surface area contributed by atoms with Gasteiger partial charge in [-0.2, -0.15) is 0 Å². The van der Waals surface area contributed by atoms with Crippen molar-refractivity contribution in [1.29, 1.82) is 0 Å². The Hall–Kier alpha value is 1.05. The van der Waals surface area contributed by atoms with E-state index in [0.29, 0.717) is 0 Å². The number of rotatable bonds is 0. The van der Waals surface area contributed by atoms with Crippen LogP contribution in [0.2, 0.25) is 0 Å². The zero-order chi connectivity index (χ0) is 0. The standard InChI is InChI=1S/CH4.Li.Ni.O.H/h1H4;;;;/q;;+2;-2;. The molecule has 0 rings (SSSR count). The summed E-state index contributed by atoms with van der Waals surface area (Å²) < 4.78 is 0. The van der Waals surface area contributed by atoms with Gasteiger partial charge in [0.25, 0.3) is 0 Å². The van der Waals surface area contributed by atoms with Crippen LogP contribution in [0, 0.1) is 0 Å². The van der Waals surface area contributed by atoms with Gasteiger partial charge < -0.3 is 5.48 Å². The molecule has 0 radical (unpaired) electrons. The molecular weight excluding hydrogens is 93.6 g/mol. The molecule has 0 aromatic rings. The molecule has 3 heteroatoms. The van der Waals surface area contributed by atoms with Gasteiger partial charge in [0, 0.05) is 0 Å². The zero-order valence-corrected chi connectivity index (χ0v) is 1.71. The van der Waals surface area contributed by atoms with E-state index < -0.39 is 0 Å². The van der Waals surface area contributed by atoms with E-state index in [9.17, 15) is 0 Å². The minimum Gasteiger partial charge on any atom is -2.00 e. The Morgan fingerprint density at radius 1 is 1.00 bits per heavy atom. The van der Waals surface area contributed by atoms with E-state index in [1.807, 2.05) is 0 Å². The molecule has 0 N–H and O–H groups in total. The molecule has 0 aliphatic carbocycles. The molecule has 0 saturated carbocycles. The second-order valence-electron chi connectivity index (χ2n) is 0. The van der Waals surface area contributed by atoms with Crippen LogP contribution >= 0.6 is 0 Å². The minimum absolute atomic E-state index is 0. The van der Waals surface area contributed by atoms with Crippen LogP contribution in [0.25, 0.3) is 0 Å². The Balaban J connectivity index is 0. The molecule has 0 spiro atoms. The fourth-order valence-electron chi connectivity index (χ4n) is 0. The summed E-state index contributed by atoms with van der Waals surface area (Å²) in [5, 5.41) is 0. The summed E-state index contributed by atoms with van der Waals surface area (Å²) in [5.41, 5.74) is 0. The maximum Gasteiger partial charge on any atom is 2.00 e. The molecule has 1 nitrogen and oxygen atoms in total. The Bertz CT molecular complexity index is 8.00. The Morgan fingerprint density at radius 2 is 1.00 bits per heavy atom. The maximum absolute atomic E-state index is 0. The summed E-state index contributed by atoms with van der Waals surface area (Å²) >= 11 is 0. The van der Waals surface area contributed by atoms with Crippen molar-refractivity contribution in [2.75, 3.05) is 0 Å². The maximum atomic E-state index is 0. The molecule has 0 atom stereocenters. The monoisotopic (exact) mass is 98.0 g/mol. The summed E-state index contributed by atoms with van der Waals surface area (Å²) in [6.45, 7) is 0. The van der Waals surface area contributed by atoms with E-state index in [1.54, 1.807) is 0 Å². The predicted octanol–water partition coefficient (Wildman–Crippen LogP) is -0.134. The number of hydrogen-bond acceptors (Lipinski definition) is 0. The van der Waals surface area contributed by atoms with Crippen molar-refractivity contribution in [3.63, 3.8) is 0 Å². The van der Waals surface area contributed by atoms with Crippen LogP contribution in [0.1, 0.15) is 7.43 Å². The van der Waals surface area contributed by atoms with E-state index in [4.69, 9.17) is 0 Å². The van der Waals surface area contributed by atoms with Gasteiger partial charge in [-0.25, -0.2) is 0 Å². The van der Waals surface area contributed by atoms with Gasteiger partial charge in [0.05, 0.1) is 0 Å². The molecular formula is CH5LiNiO. The van der Waals surface area contributed by atoms with E-state index in [2.05, 4.69) is 0 Å². The quantitative estimate of drug-likeness (QED) is 0.378. The van der Waals surface area contributed by atoms with E-state index in [0.717, 1.165) is 0 Å². The van der Waals surface area contributed by atoms with Crippen molar-refractivity contribution >= 4 is 18.9 Å². The molecule has 0 heterocycles. The molecule has 26 valence electrons. The van der Waals surface area contributed by atoms with E-state index in [1.165, 1.54) is 0 Å². The second kappa shape index (κ2) is 34.1. The number of hydrogen-bond donors (Lipinski definition) is 0. The Morgan fingerprint density at radius 3 is 1.00 bits per heavy atom. The fourth-order valence-corrected chi connectivity index (χ4v) is 0. The Kier molecular flexibility index (Phi) is 641. The summed E-state index contributed by atoms with van der Waals surface area (Å²) in [5.74, 6) is 0. The summed E-state index contributed by atoms with van der Waals surface area (Å²) in [6.07, 6.45) is 0. The summed E-state index contributed by atoms with van der Waals surface area (Å²) in [6, 6.07) is 0.